The molecule has 0 aliphatic heterocycles. The monoisotopic (exact) mass is 421 g/mol. The van der Waals surface area contributed by atoms with Crippen LogP contribution in [0.5, 0.6) is 17.4 Å². The zero-order valence-corrected chi connectivity index (χ0v) is 17.8. The van der Waals surface area contributed by atoms with Crippen LogP contribution in [0.15, 0.2) is 60.7 Å². The van der Waals surface area contributed by atoms with E-state index >= 15 is 0 Å². The number of aromatic nitrogens is 1. The van der Waals surface area contributed by atoms with Crippen LogP contribution in [0.25, 0.3) is 11.3 Å². The Hall–Kier alpha value is -3.38. The quantitative estimate of drug-likeness (QED) is 0.506. The summed E-state index contributed by atoms with van der Waals surface area (Å²) in [6, 6.07) is 19.2. The zero-order valence-electron chi connectivity index (χ0n) is 17.8. The van der Waals surface area contributed by atoms with Crippen molar-refractivity contribution in [3.05, 3.63) is 71.8 Å². The molecule has 3 rings (SSSR count). The largest absolute Gasteiger partial charge is 0.493 e. The van der Waals surface area contributed by atoms with Crippen LogP contribution in [0.2, 0.25) is 0 Å². The minimum atomic E-state index is -0.122. The molecule has 0 atom stereocenters. The van der Waals surface area contributed by atoms with Gasteiger partial charge in [0.25, 0.3) is 0 Å². The lowest BCUT2D eigenvalue weighted by Crippen LogP contribution is -2.05. The summed E-state index contributed by atoms with van der Waals surface area (Å²) in [6.07, 6.45) is 1.18. The number of aliphatic hydroxyl groups excluding tert-OH is 1. The maximum atomic E-state index is 11.8. The van der Waals surface area contributed by atoms with Gasteiger partial charge < -0.3 is 19.3 Å². The number of aliphatic hydroxyl groups is 1. The van der Waals surface area contributed by atoms with Crippen molar-refractivity contribution in [2.75, 3.05) is 27.4 Å². The van der Waals surface area contributed by atoms with E-state index in [2.05, 4.69) is 4.98 Å². The lowest BCUT2D eigenvalue weighted by Gasteiger charge is -2.11. The number of benzene rings is 2. The predicted molar refractivity (Wildman–Crippen MR) is 119 cm³/mol. The molecule has 2 aromatic carbocycles. The van der Waals surface area contributed by atoms with Crippen LogP contribution in [0.3, 0.4) is 0 Å². The standard InChI is InChI=1S/C25H27NO5/c1-29-23-10-9-18(17-24(23)30-2)12-14-31-25-8-4-7-22(26-25)20-6-3-5-19(15-20)16-21(28)11-13-27/h3-10,15,17,27H,11-14,16H2,1-2H3. The summed E-state index contributed by atoms with van der Waals surface area (Å²) in [5.41, 5.74) is 3.67. The van der Waals surface area contributed by atoms with Crippen molar-refractivity contribution in [1.82, 2.24) is 4.98 Å². The fourth-order valence-electron chi connectivity index (χ4n) is 3.25. The van der Waals surface area contributed by atoms with E-state index in [0.29, 0.717) is 36.8 Å². The molecule has 31 heavy (non-hydrogen) atoms. The lowest BCUT2D eigenvalue weighted by atomic mass is 10.0. The number of hydrogen-bond acceptors (Lipinski definition) is 6. The normalized spacial score (nSPS) is 10.5. The molecule has 1 heterocycles. The fourth-order valence-corrected chi connectivity index (χ4v) is 3.25. The first-order valence-corrected chi connectivity index (χ1v) is 10.2. The molecule has 1 aromatic heterocycles. The van der Waals surface area contributed by atoms with E-state index < -0.39 is 0 Å². The van der Waals surface area contributed by atoms with Gasteiger partial charge in [-0.05, 0) is 35.4 Å². The van der Waals surface area contributed by atoms with Gasteiger partial charge in [0.1, 0.15) is 5.78 Å². The maximum absolute atomic E-state index is 11.8. The second-order valence-electron chi connectivity index (χ2n) is 7.04. The molecule has 0 radical (unpaired) electrons. The van der Waals surface area contributed by atoms with Gasteiger partial charge in [-0.15, -0.1) is 0 Å². The van der Waals surface area contributed by atoms with Crippen LogP contribution >= 0.6 is 0 Å². The molecule has 6 heteroatoms. The number of ketones is 1. The third-order valence-electron chi connectivity index (χ3n) is 4.83. The maximum Gasteiger partial charge on any atom is 0.213 e. The first kappa shape index (κ1) is 22.3. The first-order chi connectivity index (χ1) is 15.1. The Morgan fingerprint density at radius 2 is 1.74 bits per heavy atom. The van der Waals surface area contributed by atoms with E-state index in [1.165, 1.54) is 0 Å². The van der Waals surface area contributed by atoms with Crippen LogP contribution in [-0.4, -0.2) is 43.3 Å². The minimum Gasteiger partial charge on any atom is -0.493 e. The third-order valence-corrected chi connectivity index (χ3v) is 4.83. The van der Waals surface area contributed by atoms with Gasteiger partial charge in [-0.2, -0.15) is 0 Å². The molecule has 0 fully saturated rings. The highest BCUT2D eigenvalue weighted by atomic mass is 16.5. The van der Waals surface area contributed by atoms with Gasteiger partial charge in [0.15, 0.2) is 11.5 Å². The number of ether oxygens (including phenoxy) is 3. The van der Waals surface area contributed by atoms with E-state index in [9.17, 15) is 4.79 Å². The van der Waals surface area contributed by atoms with Gasteiger partial charge in [0.05, 0.1) is 26.5 Å². The lowest BCUT2D eigenvalue weighted by molar-refractivity contribution is -0.119. The Bertz CT molecular complexity index is 1020. The molecule has 0 unspecified atom stereocenters. The summed E-state index contributed by atoms with van der Waals surface area (Å²) in [5.74, 6) is 1.94. The Labute approximate surface area is 182 Å². The number of carbonyl (C=O) groups is 1. The summed E-state index contributed by atoms with van der Waals surface area (Å²) in [7, 11) is 3.23. The van der Waals surface area contributed by atoms with Crippen molar-refractivity contribution in [2.45, 2.75) is 19.3 Å². The third kappa shape index (κ3) is 6.30. The zero-order chi connectivity index (χ0) is 22.1. The second-order valence-corrected chi connectivity index (χ2v) is 7.04. The number of nitrogens with zero attached hydrogens (tertiary/aromatic N) is 1. The molecule has 1 N–H and O–H groups in total. The molecule has 0 bridgehead atoms. The van der Waals surface area contributed by atoms with Crippen molar-refractivity contribution in [3.63, 3.8) is 0 Å². The Kier molecular flexibility index (Phi) is 8.01. The van der Waals surface area contributed by atoms with Gasteiger partial charge in [0, 0.05) is 37.5 Å². The van der Waals surface area contributed by atoms with E-state index in [4.69, 9.17) is 19.3 Å². The van der Waals surface area contributed by atoms with Crippen molar-refractivity contribution < 1.29 is 24.1 Å². The summed E-state index contributed by atoms with van der Waals surface area (Å²) < 4.78 is 16.5. The Morgan fingerprint density at radius 1 is 0.935 bits per heavy atom. The predicted octanol–water partition coefficient (Wildman–Crippen LogP) is 3.88. The first-order valence-electron chi connectivity index (χ1n) is 10.2. The summed E-state index contributed by atoms with van der Waals surface area (Å²) in [4.78, 5) is 16.4. The molecular weight excluding hydrogens is 394 g/mol. The van der Waals surface area contributed by atoms with Crippen LogP contribution in [-0.2, 0) is 17.6 Å². The number of Topliss-reactive ketones (excluding diaryl/α,β-unsaturated/α-hetero) is 1. The highest BCUT2D eigenvalue weighted by molar-refractivity contribution is 5.81. The van der Waals surface area contributed by atoms with Crippen molar-refractivity contribution in [3.8, 4) is 28.6 Å². The number of methoxy groups -OCH3 is 2. The molecule has 0 spiro atoms. The second kappa shape index (κ2) is 11.1. The van der Waals surface area contributed by atoms with Crippen LogP contribution in [0.4, 0.5) is 0 Å². The van der Waals surface area contributed by atoms with Gasteiger partial charge in [-0.25, -0.2) is 4.98 Å². The van der Waals surface area contributed by atoms with E-state index in [1.807, 2.05) is 60.7 Å². The number of rotatable bonds is 11. The van der Waals surface area contributed by atoms with Gasteiger partial charge in [-0.1, -0.05) is 30.3 Å². The van der Waals surface area contributed by atoms with Crippen molar-refractivity contribution in [1.29, 1.82) is 0 Å². The number of carbonyl (C=O) groups excluding carboxylic acids is 1. The van der Waals surface area contributed by atoms with E-state index in [0.717, 1.165) is 22.4 Å². The van der Waals surface area contributed by atoms with Crippen LogP contribution in [0, 0.1) is 0 Å². The summed E-state index contributed by atoms with van der Waals surface area (Å²) >= 11 is 0. The van der Waals surface area contributed by atoms with Crippen LogP contribution < -0.4 is 14.2 Å². The van der Waals surface area contributed by atoms with Gasteiger partial charge in [0.2, 0.25) is 5.88 Å². The molecule has 0 aliphatic rings. The van der Waals surface area contributed by atoms with E-state index in [1.54, 1.807) is 14.2 Å². The molecule has 0 amide bonds. The molecule has 3 aromatic rings. The number of hydrogen-bond donors (Lipinski definition) is 1. The summed E-state index contributed by atoms with van der Waals surface area (Å²) in [5, 5.41) is 8.91. The van der Waals surface area contributed by atoms with Gasteiger partial charge >= 0.3 is 0 Å². The molecule has 6 nitrogen and oxygen atoms in total. The molecule has 0 saturated carbocycles. The summed E-state index contributed by atoms with van der Waals surface area (Å²) in [6.45, 7) is 0.352. The SMILES string of the molecule is COc1ccc(CCOc2cccc(-c3cccc(CC(=O)CCO)c3)n2)cc1OC. The molecule has 162 valence electrons. The highest BCUT2D eigenvalue weighted by Gasteiger charge is 2.08. The average Bonchev–Trinajstić information content (AvgIpc) is 2.79. The average molecular weight is 421 g/mol. The molecule has 0 aliphatic carbocycles. The molecular formula is C25H27NO5. The minimum absolute atomic E-state index is 0.0138. The van der Waals surface area contributed by atoms with E-state index in [-0.39, 0.29) is 18.8 Å². The van der Waals surface area contributed by atoms with Gasteiger partial charge in [-0.3, -0.25) is 4.79 Å². The highest BCUT2D eigenvalue weighted by Crippen LogP contribution is 2.28. The Morgan fingerprint density at radius 3 is 2.52 bits per heavy atom. The Balaban J connectivity index is 1.64. The number of pyridine rings is 1. The van der Waals surface area contributed by atoms with Crippen LogP contribution in [0.1, 0.15) is 17.5 Å². The smallest absolute Gasteiger partial charge is 0.213 e. The fraction of sp³-hybridized carbons (Fsp3) is 0.280. The van der Waals surface area contributed by atoms with Crippen molar-refractivity contribution in [2.24, 2.45) is 0 Å². The topological polar surface area (TPSA) is 77.9 Å². The molecule has 0 saturated heterocycles. The van der Waals surface area contributed by atoms with Crippen molar-refractivity contribution >= 4 is 5.78 Å².